The van der Waals surface area contributed by atoms with Crippen molar-refractivity contribution in [2.24, 2.45) is 0 Å². The Morgan fingerprint density at radius 2 is 0.933 bits per heavy atom. The first-order chi connectivity index (χ1) is 3.41. The van der Waals surface area contributed by atoms with E-state index in [4.69, 9.17) is 0 Å². The molecule has 0 amide bonds. The summed E-state index contributed by atoms with van der Waals surface area (Å²) in [5, 5.41) is 0. The second-order valence-corrected chi connectivity index (χ2v) is 1.91. The standard InChI is InChI=1S/C7H15.8Pt/c1-3-5-7-6-4-2;;;;;;;;/h1,3-7H2,2H3;;;;;;;;/q-1;;;;;;;;. The Balaban J connectivity index is -0.00000000643. The number of hydrogen-bond donors (Lipinski definition) is 0. The van der Waals surface area contributed by atoms with E-state index in [1.54, 1.807) is 0 Å². The van der Waals surface area contributed by atoms with Crippen LogP contribution in [-0.4, -0.2) is 0 Å². The van der Waals surface area contributed by atoms with E-state index in [0.717, 1.165) is 6.42 Å². The van der Waals surface area contributed by atoms with Crippen LogP contribution in [0.4, 0.5) is 0 Å². The summed E-state index contributed by atoms with van der Waals surface area (Å²) in [4.78, 5) is 0. The van der Waals surface area contributed by atoms with Gasteiger partial charge in [-0.25, -0.2) is 0 Å². The topological polar surface area (TPSA) is 0 Å². The number of unbranched alkanes of at least 4 members (excludes halogenated alkanes) is 4. The first-order valence-corrected chi connectivity index (χ1v) is 3.21. The summed E-state index contributed by atoms with van der Waals surface area (Å²) < 4.78 is 0. The van der Waals surface area contributed by atoms with Crippen LogP contribution in [0, 0.1) is 6.92 Å². The Morgan fingerprint density at radius 1 is 0.600 bits per heavy atom. The first-order valence-electron chi connectivity index (χ1n) is 3.21. The third kappa shape index (κ3) is 66.2. The molecular formula is C7H15Pt8-. The molecule has 0 rings (SSSR count). The Hall–Kier alpha value is 5.51. The average molecular weight is 1660 g/mol. The van der Waals surface area contributed by atoms with Crippen molar-refractivity contribution in [3.63, 3.8) is 0 Å². The molecule has 0 fully saturated rings. The second kappa shape index (κ2) is 60.5. The summed E-state index contributed by atoms with van der Waals surface area (Å²) in [5.41, 5.74) is 0. The summed E-state index contributed by atoms with van der Waals surface area (Å²) in [6.45, 7) is 5.98. The van der Waals surface area contributed by atoms with Gasteiger partial charge in [0.25, 0.3) is 0 Å². The molecule has 8 heteroatoms. The molecule has 0 aliphatic heterocycles. The van der Waals surface area contributed by atoms with E-state index in [9.17, 15) is 0 Å². The molecule has 0 nitrogen and oxygen atoms in total. The van der Waals surface area contributed by atoms with Crippen molar-refractivity contribution in [2.75, 3.05) is 0 Å². The molecule has 0 aliphatic rings. The fourth-order valence-electron chi connectivity index (χ4n) is 0.604. The van der Waals surface area contributed by atoms with E-state index in [0.29, 0.717) is 0 Å². The summed E-state index contributed by atoms with van der Waals surface area (Å²) in [6.07, 6.45) is 6.52. The van der Waals surface area contributed by atoms with E-state index < -0.39 is 0 Å². The zero-order chi connectivity index (χ0) is 5.54. The molecule has 0 radical (unpaired) electrons. The van der Waals surface area contributed by atoms with Gasteiger partial charge in [-0.2, -0.15) is 6.42 Å². The maximum Gasteiger partial charge on any atom is 0 e. The fraction of sp³-hybridized carbons (Fsp3) is 0.857. The monoisotopic (exact) mass is 1660 g/mol. The maximum atomic E-state index is 3.76. The van der Waals surface area contributed by atoms with Crippen molar-refractivity contribution in [3.8, 4) is 0 Å². The van der Waals surface area contributed by atoms with Crippen molar-refractivity contribution in [2.45, 2.75) is 39.0 Å². The molecule has 0 saturated carbocycles. The van der Waals surface area contributed by atoms with Gasteiger partial charge in [0.15, 0.2) is 0 Å². The summed E-state index contributed by atoms with van der Waals surface area (Å²) in [6, 6.07) is 0. The van der Waals surface area contributed by atoms with Crippen molar-refractivity contribution < 1.29 is 169 Å². The van der Waals surface area contributed by atoms with E-state index in [-0.39, 0.29) is 169 Å². The molecule has 0 aromatic heterocycles. The van der Waals surface area contributed by atoms with E-state index >= 15 is 0 Å². The van der Waals surface area contributed by atoms with Crippen LogP contribution in [0.2, 0.25) is 0 Å². The van der Waals surface area contributed by atoms with E-state index in [1.165, 1.54) is 25.7 Å². The number of hydrogen-bond acceptors (Lipinski definition) is 0. The Kier molecular flexibility index (Phi) is 238. The van der Waals surface area contributed by atoms with Crippen LogP contribution >= 0.6 is 0 Å². The predicted octanol–water partition coefficient (Wildman–Crippen LogP) is 2.77. The van der Waals surface area contributed by atoms with Crippen molar-refractivity contribution >= 4 is 0 Å². The molecule has 0 unspecified atom stereocenters. The fourth-order valence-corrected chi connectivity index (χ4v) is 0.604. The molecule has 0 spiro atoms. The molecule has 0 aromatic rings. The van der Waals surface area contributed by atoms with Gasteiger partial charge in [0, 0.05) is 169 Å². The molecule has 0 atom stereocenters. The van der Waals surface area contributed by atoms with Gasteiger partial charge in [0.2, 0.25) is 0 Å². The first kappa shape index (κ1) is 58.9. The van der Waals surface area contributed by atoms with Gasteiger partial charge in [-0.3, -0.25) is 0 Å². The molecule has 0 aliphatic carbocycles. The van der Waals surface area contributed by atoms with Gasteiger partial charge in [-0.05, 0) is 0 Å². The van der Waals surface area contributed by atoms with Gasteiger partial charge in [0.1, 0.15) is 0 Å². The predicted molar refractivity (Wildman–Crippen MR) is 34.1 cm³/mol. The minimum atomic E-state index is 0. The van der Waals surface area contributed by atoms with Gasteiger partial charge < -0.3 is 6.92 Å². The summed E-state index contributed by atoms with van der Waals surface area (Å²) in [7, 11) is 0. The second-order valence-electron chi connectivity index (χ2n) is 1.91. The summed E-state index contributed by atoms with van der Waals surface area (Å²) >= 11 is 0. The van der Waals surface area contributed by atoms with Crippen LogP contribution in [-0.2, 0) is 169 Å². The van der Waals surface area contributed by atoms with Crippen LogP contribution in [0.3, 0.4) is 0 Å². The van der Waals surface area contributed by atoms with Gasteiger partial charge >= 0.3 is 0 Å². The average Bonchev–Trinajstić information content (AvgIpc) is 1.69. The van der Waals surface area contributed by atoms with Crippen LogP contribution < -0.4 is 0 Å². The van der Waals surface area contributed by atoms with Crippen molar-refractivity contribution in [1.82, 2.24) is 0 Å². The van der Waals surface area contributed by atoms with Crippen molar-refractivity contribution in [1.29, 1.82) is 0 Å². The maximum absolute atomic E-state index is 3.76. The molecule has 0 heterocycles. The molecule has 0 aromatic carbocycles. The quantitative estimate of drug-likeness (QED) is 0.301. The minimum Gasteiger partial charge on any atom is -0.343 e. The SMILES string of the molecule is [CH2-]CCCCCC.[Pt].[Pt].[Pt].[Pt].[Pt].[Pt].[Pt].[Pt]. The Bertz CT molecular complexity index is 34.2. The minimum absolute atomic E-state index is 0. The normalized spacial score (nSPS) is 4.40. The van der Waals surface area contributed by atoms with Crippen molar-refractivity contribution in [3.05, 3.63) is 6.92 Å². The molecule has 124 valence electrons. The van der Waals surface area contributed by atoms with Crippen LogP contribution in [0.25, 0.3) is 0 Å². The molecule has 0 N–H and O–H groups in total. The van der Waals surface area contributed by atoms with Gasteiger partial charge in [-0.15, -0.1) is 0 Å². The summed E-state index contributed by atoms with van der Waals surface area (Å²) in [5.74, 6) is 0. The zero-order valence-corrected chi connectivity index (χ0v) is 26.0. The number of rotatable bonds is 4. The van der Waals surface area contributed by atoms with Crippen LogP contribution in [0.1, 0.15) is 39.0 Å². The molecule has 0 saturated heterocycles. The Labute approximate surface area is 210 Å². The van der Waals surface area contributed by atoms with Crippen LogP contribution in [0.15, 0.2) is 0 Å². The van der Waals surface area contributed by atoms with Gasteiger partial charge in [-0.1, -0.05) is 32.6 Å². The van der Waals surface area contributed by atoms with E-state index in [2.05, 4.69) is 13.8 Å². The van der Waals surface area contributed by atoms with Crippen LogP contribution in [0.5, 0.6) is 0 Å². The zero-order valence-electron chi connectivity index (χ0n) is 7.77. The van der Waals surface area contributed by atoms with E-state index in [1.807, 2.05) is 0 Å². The molecule has 15 heavy (non-hydrogen) atoms. The smallest absolute Gasteiger partial charge is 0 e. The third-order valence-corrected chi connectivity index (χ3v) is 1.10. The van der Waals surface area contributed by atoms with Gasteiger partial charge in [0.05, 0.1) is 0 Å². The largest absolute Gasteiger partial charge is 0.343 e. The molecule has 0 bridgehead atoms. The Morgan fingerprint density at radius 3 is 1.13 bits per heavy atom. The third-order valence-electron chi connectivity index (χ3n) is 1.10. The molecular weight excluding hydrogens is 1640 g/mol.